The van der Waals surface area contributed by atoms with E-state index in [4.69, 9.17) is 9.47 Å². The third-order valence-electron chi connectivity index (χ3n) is 11.7. The van der Waals surface area contributed by atoms with Gasteiger partial charge in [-0.3, -0.25) is 14.4 Å². The number of azo groups is 1. The number of phenolic OH excluding ortho intramolecular Hbond substituents is 1. The number of aliphatic hydroxyl groups is 2. The number of ether oxygens (including phenoxy) is 2. The van der Waals surface area contributed by atoms with Gasteiger partial charge >= 0.3 is 11.9 Å². The predicted octanol–water partition coefficient (Wildman–Crippen LogP) is 6.43. The van der Waals surface area contributed by atoms with Crippen LogP contribution in [0.25, 0.3) is 0 Å². The van der Waals surface area contributed by atoms with Crippen molar-refractivity contribution in [1.82, 2.24) is 0 Å². The molecule has 3 fully saturated rings. The second-order valence-electron chi connectivity index (χ2n) is 15.9. The van der Waals surface area contributed by atoms with Crippen LogP contribution in [0.3, 0.4) is 0 Å². The third-order valence-corrected chi connectivity index (χ3v) is 11.7. The number of ketones is 2. The van der Waals surface area contributed by atoms with Gasteiger partial charge in [-0.25, -0.2) is 4.79 Å². The van der Waals surface area contributed by atoms with E-state index < -0.39 is 52.5 Å². The number of carbonyl (C=O) groups excluding carboxylic acids is 4. The molecule has 6 rings (SSSR count). The van der Waals surface area contributed by atoms with Gasteiger partial charge in [-0.05, 0) is 107 Å². The number of aromatic hydroxyl groups is 1. The molecule has 0 bridgehead atoms. The zero-order chi connectivity index (χ0) is 36.9. The Morgan fingerprint density at radius 3 is 2.53 bits per heavy atom. The highest BCUT2D eigenvalue weighted by Gasteiger charge is 2.68. The number of carbonyl (C=O) groups is 4. The molecule has 0 spiro atoms. The number of Topliss-reactive ketones (excluding diaryl/α,β-unsaturated/α-hetero) is 1. The number of nitrogens with zero attached hydrogens (tertiary/aromatic N) is 2. The van der Waals surface area contributed by atoms with Crippen molar-refractivity contribution in [3.8, 4) is 5.75 Å². The van der Waals surface area contributed by atoms with Gasteiger partial charge in [0.25, 0.3) is 0 Å². The lowest BCUT2D eigenvalue weighted by Crippen LogP contribution is -2.61. The molecule has 2 aromatic rings. The summed E-state index contributed by atoms with van der Waals surface area (Å²) >= 11 is 0. The third kappa shape index (κ3) is 6.69. The van der Waals surface area contributed by atoms with E-state index in [9.17, 15) is 34.5 Å². The number of esters is 2. The second-order valence-corrected chi connectivity index (χ2v) is 15.9. The Labute approximate surface area is 297 Å². The minimum Gasteiger partial charge on any atom is -0.507 e. The van der Waals surface area contributed by atoms with E-state index in [1.807, 2.05) is 13.0 Å². The Kier molecular flexibility index (Phi) is 9.43. The molecule has 0 radical (unpaired) electrons. The molecule has 2 aromatic carbocycles. The van der Waals surface area contributed by atoms with Crippen LogP contribution < -0.4 is 0 Å². The lowest BCUT2D eigenvalue weighted by Gasteiger charge is -2.59. The maximum atomic E-state index is 13.7. The minimum absolute atomic E-state index is 0.0222. The fourth-order valence-electron chi connectivity index (χ4n) is 9.21. The Balaban J connectivity index is 1.11. The molecule has 11 heteroatoms. The van der Waals surface area contributed by atoms with Crippen LogP contribution in [0.4, 0.5) is 11.4 Å². The van der Waals surface area contributed by atoms with Crippen LogP contribution in [0.2, 0.25) is 0 Å². The van der Waals surface area contributed by atoms with E-state index in [2.05, 4.69) is 17.2 Å². The molecule has 7 atom stereocenters. The maximum Gasteiger partial charge on any atom is 0.342 e. The van der Waals surface area contributed by atoms with Crippen molar-refractivity contribution in [3.63, 3.8) is 0 Å². The molecular formula is C40H46N2O9. The van der Waals surface area contributed by atoms with Crippen LogP contribution >= 0.6 is 0 Å². The molecule has 0 saturated heterocycles. The van der Waals surface area contributed by atoms with E-state index in [1.54, 1.807) is 57.2 Å². The number of hydrogen-bond acceptors (Lipinski definition) is 11. The fraction of sp³-hybridized carbons (Fsp3) is 0.500. The van der Waals surface area contributed by atoms with E-state index in [1.165, 1.54) is 18.2 Å². The molecule has 4 aliphatic rings. The molecule has 11 nitrogen and oxygen atoms in total. The fourth-order valence-corrected chi connectivity index (χ4v) is 9.21. The highest BCUT2D eigenvalue weighted by Crippen LogP contribution is 2.67. The number of phenols is 1. The molecule has 0 amide bonds. The van der Waals surface area contributed by atoms with E-state index >= 15 is 0 Å². The Morgan fingerprint density at radius 2 is 1.78 bits per heavy atom. The number of fused-ring (bicyclic) bond motifs is 5. The summed E-state index contributed by atoms with van der Waals surface area (Å²) in [4.78, 5) is 51.4. The molecule has 51 heavy (non-hydrogen) atoms. The average molecular weight is 699 g/mol. The summed E-state index contributed by atoms with van der Waals surface area (Å²) in [7, 11) is 0. The summed E-state index contributed by atoms with van der Waals surface area (Å²) in [6, 6.07) is 10.9. The summed E-state index contributed by atoms with van der Waals surface area (Å²) in [5.74, 6) is -2.37. The predicted molar refractivity (Wildman–Crippen MR) is 187 cm³/mol. The smallest absolute Gasteiger partial charge is 0.342 e. The number of hydrogen-bond donors (Lipinski definition) is 3. The lowest BCUT2D eigenvalue weighted by molar-refractivity contribution is -0.181. The number of allylic oxidation sites excluding steroid dienone is 4. The number of aliphatic hydroxyl groups excluding tert-OH is 1. The van der Waals surface area contributed by atoms with Crippen molar-refractivity contribution in [2.24, 2.45) is 38.8 Å². The van der Waals surface area contributed by atoms with Crippen molar-refractivity contribution in [2.75, 3.05) is 6.61 Å². The van der Waals surface area contributed by atoms with Crippen molar-refractivity contribution >= 4 is 34.9 Å². The number of rotatable bonds is 8. The molecule has 3 saturated carbocycles. The lowest BCUT2D eigenvalue weighted by atomic mass is 9.46. The Morgan fingerprint density at radius 1 is 1.04 bits per heavy atom. The molecule has 270 valence electrons. The summed E-state index contributed by atoms with van der Waals surface area (Å²) in [5, 5.41) is 42.3. The largest absolute Gasteiger partial charge is 0.507 e. The Bertz CT molecular complexity index is 1860. The first-order valence-electron chi connectivity index (χ1n) is 17.5. The van der Waals surface area contributed by atoms with Crippen molar-refractivity contribution < 1.29 is 44.0 Å². The average Bonchev–Trinajstić information content (AvgIpc) is 3.33. The van der Waals surface area contributed by atoms with Crippen molar-refractivity contribution in [3.05, 3.63) is 77.4 Å². The van der Waals surface area contributed by atoms with Crippen molar-refractivity contribution in [1.29, 1.82) is 0 Å². The first kappa shape index (κ1) is 36.3. The molecule has 0 heterocycles. The zero-order valence-electron chi connectivity index (χ0n) is 29.7. The van der Waals surface area contributed by atoms with Crippen LogP contribution in [0.1, 0.15) is 82.6 Å². The molecule has 0 aliphatic heterocycles. The maximum absolute atomic E-state index is 13.7. The topological polar surface area (TPSA) is 172 Å². The monoisotopic (exact) mass is 698 g/mol. The van der Waals surface area contributed by atoms with Gasteiger partial charge in [0.1, 0.15) is 22.5 Å². The van der Waals surface area contributed by atoms with Crippen LogP contribution in [-0.2, 0) is 30.3 Å². The van der Waals surface area contributed by atoms with E-state index in [0.717, 1.165) is 18.4 Å². The molecule has 0 aromatic heterocycles. The van der Waals surface area contributed by atoms with Gasteiger partial charge in [0.2, 0.25) is 5.78 Å². The van der Waals surface area contributed by atoms with Gasteiger partial charge < -0.3 is 24.8 Å². The summed E-state index contributed by atoms with van der Waals surface area (Å²) in [5.41, 5.74) is -1.81. The van der Waals surface area contributed by atoms with Crippen LogP contribution in [0, 0.1) is 28.6 Å². The van der Waals surface area contributed by atoms with Gasteiger partial charge in [0.05, 0.1) is 23.9 Å². The summed E-state index contributed by atoms with van der Waals surface area (Å²) in [6.45, 7) is 8.50. The van der Waals surface area contributed by atoms with E-state index in [0.29, 0.717) is 17.7 Å². The normalized spacial score (nSPS) is 31.4. The van der Waals surface area contributed by atoms with Crippen LogP contribution in [0.5, 0.6) is 5.75 Å². The summed E-state index contributed by atoms with van der Waals surface area (Å²) < 4.78 is 10.8. The standard InChI is InChI=1S/C40H46N2O9/c1-37(2,3)51-36(48)28-20-25(11-13-31(28)44)41-42-30-9-7-6-8-23(30)18-34(47)50-22-33(46)40(49)17-15-29-27-12-10-24-19-26(43)14-16-38(24,4)35(27)32(45)21-39(29,40)5/h6-9,11,13-14,16,19-20,27,29,32,35,44-45,49H,10,12,15,17-18,21-22H2,1-5H3. The van der Waals surface area contributed by atoms with Gasteiger partial charge in [-0.15, -0.1) is 0 Å². The molecule has 3 N–H and O–H groups in total. The van der Waals surface area contributed by atoms with Gasteiger partial charge in [-0.2, -0.15) is 10.2 Å². The summed E-state index contributed by atoms with van der Waals surface area (Å²) in [6.07, 6.45) is 6.72. The zero-order valence-corrected chi connectivity index (χ0v) is 29.7. The minimum atomic E-state index is -1.77. The molecular weight excluding hydrogens is 652 g/mol. The van der Waals surface area contributed by atoms with Crippen molar-refractivity contribution in [2.45, 2.75) is 90.4 Å². The highest BCUT2D eigenvalue weighted by atomic mass is 16.6. The number of benzene rings is 2. The van der Waals surface area contributed by atoms with E-state index in [-0.39, 0.29) is 59.8 Å². The quantitative estimate of drug-likeness (QED) is 0.208. The molecule has 4 aliphatic carbocycles. The SMILES string of the molecule is CC(C)(C)OC(=O)c1cc(N=Nc2ccccc2CC(=O)OCC(=O)C2(O)CCC3C4CCC5=CC(=O)C=CC5(C)C4C(O)CC32C)ccc1O. The van der Waals surface area contributed by atoms with Gasteiger partial charge in [0.15, 0.2) is 12.4 Å². The second kappa shape index (κ2) is 13.2. The molecule has 7 unspecified atom stereocenters. The Hall–Kier alpha value is -4.48. The van der Waals surface area contributed by atoms with Crippen LogP contribution in [-0.4, -0.2) is 62.7 Å². The van der Waals surface area contributed by atoms with Crippen LogP contribution in [0.15, 0.2) is 76.5 Å². The van der Waals surface area contributed by atoms with Gasteiger partial charge in [0, 0.05) is 16.7 Å². The highest BCUT2D eigenvalue weighted by molar-refractivity contribution is 6.01. The first-order valence-corrected chi connectivity index (χ1v) is 17.5. The van der Waals surface area contributed by atoms with Gasteiger partial charge in [-0.1, -0.05) is 43.7 Å². The first-order chi connectivity index (χ1) is 23.9.